The molecule has 1 aromatic carbocycles. The minimum atomic E-state index is -4.04. The van der Waals surface area contributed by atoms with Gasteiger partial charge < -0.3 is 19.5 Å². The third-order valence-electron chi connectivity index (χ3n) is 4.94. The highest BCUT2D eigenvalue weighted by Crippen LogP contribution is 2.55. The van der Waals surface area contributed by atoms with Crippen molar-refractivity contribution in [2.45, 2.75) is 30.6 Å². The maximum atomic E-state index is 12.8. The Kier molecular flexibility index (Phi) is 5.27. The molecule has 1 unspecified atom stereocenters. The molecule has 2 aliphatic heterocycles. The van der Waals surface area contributed by atoms with E-state index in [9.17, 15) is 24.4 Å². The van der Waals surface area contributed by atoms with E-state index in [1.165, 1.54) is 6.08 Å². The fraction of sp³-hybridized carbons (Fsp3) is 0.333. The van der Waals surface area contributed by atoms with Crippen LogP contribution >= 0.6 is 7.82 Å². The van der Waals surface area contributed by atoms with Gasteiger partial charge in [0, 0.05) is 17.8 Å². The predicted molar refractivity (Wildman–Crippen MR) is 102 cm³/mol. The van der Waals surface area contributed by atoms with E-state index in [-0.39, 0.29) is 6.61 Å². The molecule has 5 atom stereocenters. The molecule has 12 heteroatoms. The lowest BCUT2D eigenvalue weighted by Crippen LogP contribution is -2.45. The first-order valence-electron chi connectivity index (χ1n) is 8.92. The van der Waals surface area contributed by atoms with Crippen LogP contribution in [0.5, 0.6) is 5.75 Å². The van der Waals surface area contributed by atoms with Gasteiger partial charge >= 0.3 is 13.5 Å². The summed E-state index contributed by atoms with van der Waals surface area (Å²) in [5, 5.41) is 21.0. The topological polar surface area (TPSA) is 149 Å². The van der Waals surface area contributed by atoms with Crippen LogP contribution in [0.25, 0.3) is 0 Å². The third kappa shape index (κ3) is 3.56. The Morgan fingerprint density at radius 1 is 1.33 bits per heavy atom. The Balaban J connectivity index is 1.55. The second kappa shape index (κ2) is 7.62. The van der Waals surface area contributed by atoms with Crippen LogP contribution in [-0.4, -0.2) is 44.2 Å². The van der Waals surface area contributed by atoms with Gasteiger partial charge in [-0.15, -0.1) is 6.58 Å². The molecule has 160 valence electrons. The first kappa shape index (κ1) is 20.7. The summed E-state index contributed by atoms with van der Waals surface area (Å²) in [7, 11) is -4.04. The van der Waals surface area contributed by atoms with Crippen molar-refractivity contribution in [3.05, 3.63) is 75.6 Å². The summed E-state index contributed by atoms with van der Waals surface area (Å²) in [5.41, 5.74) is -2.52. The van der Waals surface area contributed by atoms with Crippen LogP contribution in [0, 0.1) is 0 Å². The molecule has 0 aliphatic carbocycles. The van der Waals surface area contributed by atoms with Gasteiger partial charge in [0.1, 0.15) is 23.6 Å². The molecule has 0 spiro atoms. The van der Waals surface area contributed by atoms with Crippen LogP contribution < -0.4 is 15.8 Å². The number of para-hydroxylation sites is 1. The van der Waals surface area contributed by atoms with E-state index in [1.807, 2.05) is 4.98 Å². The number of aromatic nitrogens is 2. The number of aliphatic hydroxyl groups is 2. The minimum Gasteiger partial charge on any atom is -0.404 e. The highest BCUT2D eigenvalue weighted by atomic mass is 31.2. The fourth-order valence-corrected chi connectivity index (χ4v) is 4.51. The number of H-pyrrole nitrogens is 1. The van der Waals surface area contributed by atoms with Crippen molar-refractivity contribution in [3.8, 4) is 5.75 Å². The monoisotopic (exact) mass is 438 g/mol. The molecule has 2 aromatic rings. The summed E-state index contributed by atoms with van der Waals surface area (Å²) in [6.07, 6.45) is -2.25. The molecule has 1 aromatic heterocycles. The van der Waals surface area contributed by atoms with Crippen LogP contribution in [0.2, 0.25) is 0 Å². The number of aliphatic hydroxyl groups excluding tert-OH is 2. The number of ether oxygens (including phenoxy) is 1. The molecule has 2 aliphatic rings. The van der Waals surface area contributed by atoms with Crippen LogP contribution in [0.4, 0.5) is 0 Å². The largest absolute Gasteiger partial charge is 0.530 e. The summed E-state index contributed by atoms with van der Waals surface area (Å²) >= 11 is 0. The normalized spacial score (nSPS) is 32.9. The van der Waals surface area contributed by atoms with Crippen LogP contribution in [-0.2, 0) is 25.0 Å². The molecular weight excluding hydrogens is 419 g/mol. The number of rotatable bonds is 5. The van der Waals surface area contributed by atoms with Gasteiger partial charge in [-0.2, -0.15) is 0 Å². The van der Waals surface area contributed by atoms with Crippen molar-refractivity contribution in [1.82, 2.24) is 9.55 Å². The zero-order valence-corrected chi connectivity index (χ0v) is 16.4. The highest BCUT2D eigenvalue weighted by molar-refractivity contribution is 7.49. The van der Waals surface area contributed by atoms with Gasteiger partial charge in [0.05, 0.1) is 13.2 Å². The predicted octanol–water partition coefficient (Wildman–Crippen LogP) is 0.446. The Morgan fingerprint density at radius 2 is 2.10 bits per heavy atom. The molecule has 11 nitrogen and oxygen atoms in total. The number of phosphoric acid groups is 1. The van der Waals surface area contributed by atoms with Crippen molar-refractivity contribution in [1.29, 1.82) is 0 Å². The van der Waals surface area contributed by atoms with E-state index in [4.69, 9.17) is 18.3 Å². The Labute approximate surface area is 169 Å². The number of nitrogens with one attached hydrogen (secondary N) is 1. The van der Waals surface area contributed by atoms with Crippen molar-refractivity contribution in [2.24, 2.45) is 0 Å². The molecule has 4 rings (SSSR count). The summed E-state index contributed by atoms with van der Waals surface area (Å²) in [4.78, 5) is 25.3. The van der Waals surface area contributed by atoms with Gasteiger partial charge in [-0.25, -0.2) is 9.36 Å². The van der Waals surface area contributed by atoms with E-state index < -0.39 is 49.7 Å². The average molecular weight is 438 g/mol. The maximum absolute atomic E-state index is 12.8. The quantitative estimate of drug-likeness (QED) is 0.447. The number of fused-ring (bicyclic) bond motifs is 1. The van der Waals surface area contributed by atoms with Gasteiger partial charge in [-0.05, 0) is 6.07 Å². The molecule has 3 heterocycles. The second-order valence-corrected chi connectivity index (χ2v) is 8.41. The third-order valence-corrected chi connectivity index (χ3v) is 6.25. The Hall–Kier alpha value is -2.53. The molecule has 0 radical (unpaired) electrons. The maximum Gasteiger partial charge on any atom is 0.530 e. The SMILES string of the molecule is C=C[C@]1(COP2(=O)OCc3ccccc3O2)O[C@@H](n2ccc(=O)[nH]c2=O)[C@H](O)[C@@H]1O. The van der Waals surface area contributed by atoms with E-state index in [0.717, 1.165) is 16.8 Å². The summed E-state index contributed by atoms with van der Waals surface area (Å²) in [6, 6.07) is 7.90. The van der Waals surface area contributed by atoms with Crippen LogP contribution in [0.3, 0.4) is 0 Å². The van der Waals surface area contributed by atoms with Crippen LogP contribution in [0.1, 0.15) is 11.8 Å². The molecule has 3 N–H and O–H groups in total. The lowest BCUT2D eigenvalue weighted by atomic mass is 9.96. The number of hydrogen-bond donors (Lipinski definition) is 3. The lowest BCUT2D eigenvalue weighted by molar-refractivity contribution is -0.0987. The molecular formula is C18H19N2O9P. The highest BCUT2D eigenvalue weighted by Gasteiger charge is 2.55. The number of benzene rings is 1. The zero-order chi connectivity index (χ0) is 21.5. The molecule has 0 amide bonds. The summed E-state index contributed by atoms with van der Waals surface area (Å²) in [5.74, 6) is 0.338. The van der Waals surface area contributed by atoms with Crippen molar-refractivity contribution in [2.75, 3.05) is 6.61 Å². The van der Waals surface area contributed by atoms with E-state index in [1.54, 1.807) is 24.3 Å². The van der Waals surface area contributed by atoms with E-state index >= 15 is 0 Å². The smallest absolute Gasteiger partial charge is 0.404 e. The van der Waals surface area contributed by atoms with Crippen LogP contribution in [0.15, 0.2) is 58.8 Å². The van der Waals surface area contributed by atoms with Gasteiger partial charge in [-0.3, -0.25) is 23.4 Å². The second-order valence-electron chi connectivity index (χ2n) is 6.81. The molecule has 30 heavy (non-hydrogen) atoms. The van der Waals surface area contributed by atoms with Gasteiger partial charge in [-0.1, -0.05) is 24.3 Å². The average Bonchev–Trinajstić information content (AvgIpc) is 2.98. The molecule has 0 bridgehead atoms. The molecule has 0 saturated carbocycles. The van der Waals surface area contributed by atoms with E-state index in [0.29, 0.717) is 11.3 Å². The van der Waals surface area contributed by atoms with Gasteiger partial charge in [0.25, 0.3) is 5.56 Å². The van der Waals surface area contributed by atoms with Gasteiger partial charge in [0.15, 0.2) is 6.23 Å². The number of hydrogen-bond acceptors (Lipinski definition) is 9. The molecule has 1 saturated heterocycles. The first-order chi connectivity index (χ1) is 14.3. The Morgan fingerprint density at radius 3 is 2.83 bits per heavy atom. The minimum absolute atomic E-state index is 0.00399. The van der Waals surface area contributed by atoms with E-state index in [2.05, 4.69) is 6.58 Å². The molecule has 1 fully saturated rings. The summed E-state index contributed by atoms with van der Waals surface area (Å²) in [6.45, 7) is 3.04. The van der Waals surface area contributed by atoms with Crippen molar-refractivity contribution >= 4 is 7.82 Å². The van der Waals surface area contributed by atoms with Gasteiger partial charge in [0.2, 0.25) is 0 Å². The Bertz CT molecular complexity index is 1130. The standard InChI is InChI=1S/C18H19N2O9P/c1-2-18(10-27-30(25)26-9-11-5-3-4-6-12(11)29-30)15(23)14(22)16(28-18)20-8-7-13(21)19-17(20)24/h2-8,14-16,22-23H,1,9-10H2,(H,19,21,24)/t14-,15+,16-,18-,30?/m1/s1. The first-order valence-corrected chi connectivity index (χ1v) is 10.4. The number of nitrogens with zero attached hydrogens (tertiary/aromatic N) is 1. The van der Waals surface area contributed by atoms with Crippen molar-refractivity contribution < 1.29 is 33.1 Å². The lowest BCUT2D eigenvalue weighted by Gasteiger charge is -2.31. The zero-order valence-electron chi connectivity index (χ0n) is 15.5. The fourth-order valence-electron chi connectivity index (χ4n) is 3.26. The number of aromatic amines is 1. The number of phosphoric ester groups is 1. The summed E-state index contributed by atoms with van der Waals surface area (Å²) < 4.78 is 35.4. The van der Waals surface area contributed by atoms with Crippen molar-refractivity contribution in [3.63, 3.8) is 0 Å².